The zero-order valence-electron chi connectivity index (χ0n) is 38.8. The van der Waals surface area contributed by atoms with Crippen molar-refractivity contribution in [2.45, 2.75) is 63.2 Å². The number of benzene rings is 8. The van der Waals surface area contributed by atoms with Gasteiger partial charge in [0.15, 0.2) is 17.5 Å². The largest absolute Gasteiger partial charge is 0.455 e. The van der Waals surface area contributed by atoms with Gasteiger partial charge in [0.25, 0.3) is 0 Å². The Kier molecular flexibility index (Phi) is 8.44. The van der Waals surface area contributed by atoms with Gasteiger partial charge in [-0.05, 0) is 172 Å². The van der Waals surface area contributed by atoms with Gasteiger partial charge >= 0.3 is 0 Å². The lowest BCUT2D eigenvalue weighted by molar-refractivity contribution is -0.00518. The van der Waals surface area contributed by atoms with E-state index < -0.39 is 0 Å². The van der Waals surface area contributed by atoms with E-state index in [9.17, 15) is 0 Å². The minimum Gasteiger partial charge on any atom is -0.455 e. The van der Waals surface area contributed by atoms with Crippen molar-refractivity contribution in [3.63, 3.8) is 0 Å². The fourth-order valence-electron chi connectivity index (χ4n) is 14.0. The monoisotopic (exact) mass is 907 g/mol. The van der Waals surface area contributed by atoms with Gasteiger partial charge in [0.1, 0.15) is 11.2 Å². The maximum atomic E-state index is 6.64. The van der Waals surface area contributed by atoms with Crippen molar-refractivity contribution < 1.29 is 4.42 Å². The van der Waals surface area contributed by atoms with E-state index in [-0.39, 0.29) is 5.41 Å². The summed E-state index contributed by atoms with van der Waals surface area (Å²) in [5.74, 6) is 4.55. The number of rotatable bonds is 6. The number of furan rings is 1. The second-order valence-electron chi connectivity index (χ2n) is 21.4. The van der Waals surface area contributed by atoms with Crippen LogP contribution in [0.15, 0.2) is 174 Å². The Morgan fingerprint density at radius 1 is 0.435 bits per heavy atom. The first kappa shape index (κ1) is 39.8. The smallest absolute Gasteiger partial charge is 0.167 e. The number of para-hydroxylation sites is 2. The molecular formula is C64H49N3OS. The summed E-state index contributed by atoms with van der Waals surface area (Å²) in [6.07, 6.45) is 8.43. The predicted molar refractivity (Wildman–Crippen MR) is 285 cm³/mol. The highest BCUT2D eigenvalue weighted by Gasteiger charge is 2.51. The second kappa shape index (κ2) is 14.7. The van der Waals surface area contributed by atoms with Gasteiger partial charge in [0, 0.05) is 47.5 Å². The normalized spacial score (nSPS) is 20.9. The van der Waals surface area contributed by atoms with Gasteiger partial charge in [0.05, 0.1) is 5.56 Å². The molecular weight excluding hydrogens is 859 g/mol. The fourth-order valence-corrected chi connectivity index (χ4v) is 15.1. The lowest BCUT2D eigenvalue weighted by Crippen LogP contribution is -2.48. The molecule has 0 saturated heterocycles. The fraction of sp³-hybridized carbons (Fsp3) is 0.203. The highest BCUT2D eigenvalue weighted by molar-refractivity contribution is 7.25. The van der Waals surface area contributed by atoms with E-state index in [2.05, 4.69) is 172 Å². The lowest BCUT2D eigenvalue weighted by Gasteiger charge is -2.57. The standard InChI is InChI=1S/C64H49N3OS/c1-63(2)54-15-6-3-10-47(54)48-24-20-41(33-55(48)63)44-29-43(40-18-22-46(23-19-40)64-34-37-26-38(35-64)28-39(27-37)36-64)30-45(31-44)61-65-60(42-21-25-58-53(32-42)50-12-5-8-17-57(50)69-58)66-62(67-61)52-14-9-13-51-49-11-4-7-16-56(49)68-59(51)52/h3-25,29-33,37-39H,26-28,34-36H2,1-2H3. The molecule has 4 fully saturated rings. The Labute approximate surface area is 405 Å². The van der Waals surface area contributed by atoms with Crippen LogP contribution in [0, 0.1) is 17.8 Å². The lowest BCUT2D eigenvalue weighted by atomic mass is 9.48. The minimum atomic E-state index is -0.125. The topological polar surface area (TPSA) is 51.8 Å². The van der Waals surface area contributed by atoms with Gasteiger partial charge in [0.2, 0.25) is 0 Å². The number of fused-ring (bicyclic) bond motifs is 9. The van der Waals surface area contributed by atoms with Crippen molar-refractivity contribution in [2.75, 3.05) is 0 Å². The van der Waals surface area contributed by atoms with E-state index >= 15 is 0 Å². The van der Waals surface area contributed by atoms with E-state index in [4.69, 9.17) is 19.4 Å². The summed E-state index contributed by atoms with van der Waals surface area (Å²) in [5.41, 5.74) is 16.2. The molecule has 0 radical (unpaired) electrons. The molecule has 5 heteroatoms. The van der Waals surface area contributed by atoms with Crippen molar-refractivity contribution in [3.05, 3.63) is 187 Å². The summed E-state index contributed by atoms with van der Waals surface area (Å²) in [7, 11) is 0. The van der Waals surface area contributed by atoms with Crippen LogP contribution in [0.25, 0.3) is 110 Å². The zero-order valence-corrected chi connectivity index (χ0v) is 39.6. The molecule has 5 aliphatic rings. The Balaban J connectivity index is 0.931. The summed E-state index contributed by atoms with van der Waals surface area (Å²) in [5, 5.41) is 4.57. The molecule has 11 aromatic rings. The van der Waals surface area contributed by atoms with Crippen LogP contribution in [0.5, 0.6) is 0 Å². The Morgan fingerprint density at radius 3 is 1.84 bits per heavy atom. The summed E-state index contributed by atoms with van der Waals surface area (Å²) >= 11 is 1.82. The summed E-state index contributed by atoms with van der Waals surface area (Å²) in [6, 6.07) is 62.5. The van der Waals surface area contributed by atoms with Crippen LogP contribution in [0.4, 0.5) is 0 Å². The molecule has 4 bridgehead atoms. The quantitative estimate of drug-likeness (QED) is 0.167. The van der Waals surface area contributed by atoms with Crippen molar-refractivity contribution in [1.82, 2.24) is 15.0 Å². The summed E-state index contributed by atoms with van der Waals surface area (Å²) in [4.78, 5) is 16.2. The third-order valence-corrected chi connectivity index (χ3v) is 18.0. The molecule has 332 valence electrons. The predicted octanol–water partition coefficient (Wildman–Crippen LogP) is 17.2. The van der Waals surface area contributed by atoms with Crippen LogP contribution in [-0.4, -0.2) is 15.0 Å². The molecule has 8 aromatic carbocycles. The average molecular weight is 908 g/mol. The Morgan fingerprint density at radius 2 is 1.03 bits per heavy atom. The Bertz CT molecular complexity index is 3890. The first-order valence-corrected chi connectivity index (χ1v) is 25.7. The van der Waals surface area contributed by atoms with Crippen LogP contribution in [0.1, 0.15) is 69.1 Å². The summed E-state index contributed by atoms with van der Waals surface area (Å²) < 4.78 is 9.16. The number of thiophene rings is 1. The molecule has 0 unspecified atom stereocenters. The van der Waals surface area contributed by atoms with Crippen molar-refractivity contribution in [3.8, 4) is 67.5 Å². The van der Waals surface area contributed by atoms with Crippen molar-refractivity contribution in [1.29, 1.82) is 0 Å². The third kappa shape index (κ3) is 6.15. The molecule has 3 aromatic heterocycles. The van der Waals surface area contributed by atoms with Crippen LogP contribution >= 0.6 is 11.3 Å². The van der Waals surface area contributed by atoms with Gasteiger partial charge in [-0.2, -0.15) is 0 Å². The Hall–Kier alpha value is -7.21. The van der Waals surface area contributed by atoms with Gasteiger partial charge in [-0.1, -0.05) is 123 Å². The zero-order chi connectivity index (χ0) is 45.6. The third-order valence-electron chi connectivity index (χ3n) is 16.9. The van der Waals surface area contributed by atoms with E-state index in [1.807, 2.05) is 23.5 Å². The molecule has 16 rings (SSSR count). The molecule has 4 nitrogen and oxygen atoms in total. The van der Waals surface area contributed by atoms with E-state index in [1.165, 1.54) is 92.1 Å². The van der Waals surface area contributed by atoms with Crippen molar-refractivity contribution >= 4 is 53.4 Å². The van der Waals surface area contributed by atoms with Crippen LogP contribution < -0.4 is 0 Å². The molecule has 4 saturated carbocycles. The van der Waals surface area contributed by atoms with Crippen LogP contribution in [0.3, 0.4) is 0 Å². The van der Waals surface area contributed by atoms with Gasteiger partial charge in [-0.25, -0.2) is 15.0 Å². The molecule has 5 aliphatic carbocycles. The number of nitrogens with zero attached hydrogens (tertiary/aromatic N) is 3. The van der Waals surface area contributed by atoms with E-state index in [0.29, 0.717) is 22.9 Å². The van der Waals surface area contributed by atoms with Gasteiger partial charge < -0.3 is 4.42 Å². The molecule has 0 atom stereocenters. The van der Waals surface area contributed by atoms with E-state index in [0.717, 1.165) is 67.5 Å². The average Bonchev–Trinajstić information content (AvgIpc) is 4.03. The molecule has 0 N–H and O–H groups in total. The number of hydrogen-bond acceptors (Lipinski definition) is 5. The maximum absolute atomic E-state index is 6.64. The van der Waals surface area contributed by atoms with Crippen LogP contribution in [0.2, 0.25) is 0 Å². The number of aromatic nitrogens is 3. The summed E-state index contributed by atoms with van der Waals surface area (Å²) in [6.45, 7) is 4.72. The first-order chi connectivity index (χ1) is 33.8. The second-order valence-corrected chi connectivity index (χ2v) is 22.5. The van der Waals surface area contributed by atoms with Crippen LogP contribution in [-0.2, 0) is 10.8 Å². The highest BCUT2D eigenvalue weighted by atomic mass is 32.1. The number of hydrogen-bond donors (Lipinski definition) is 0. The SMILES string of the molecule is CC1(C)c2ccccc2-c2ccc(-c3cc(-c4ccc(C56CC7CC(CC(C7)C5)C6)cc4)cc(-c4nc(-c5ccc6sc7ccccc7c6c5)nc(-c5cccc6c5oc5ccccc56)n4)c3)cc21. The highest BCUT2D eigenvalue weighted by Crippen LogP contribution is 2.61. The minimum absolute atomic E-state index is 0.125. The van der Waals surface area contributed by atoms with Crippen molar-refractivity contribution in [2.24, 2.45) is 17.8 Å². The molecule has 69 heavy (non-hydrogen) atoms. The molecule has 0 aliphatic heterocycles. The first-order valence-electron chi connectivity index (χ1n) is 24.9. The van der Waals surface area contributed by atoms with Gasteiger partial charge in [-0.3, -0.25) is 0 Å². The molecule has 3 heterocycles. The maximum Gasteiger partial charge on any atom is 0.167 e. The molecule has 0 spiro atoms. The molecule has 0 amide bonds. The van der Waals surface area contributed by atoms with E-state index in [1.54, 1.807) is 5.56 Å². The van der Waals surface area contributed by atoms with Gasteiger partial charge in [-0.15, -0.1) is 11.3 Å².